The van der Waals surface area contributed by atoms with Crippen molar-refractivity contribution >= 4 is 28.8 Å². The first-order valence-corrected chi connectivity index (χ1v) is 8.66. The van der Waals surface area contributed by atoms with Crippen LogP contribution in [-0.4, -0.2) is 37.5 Å². The second kappa shape index (κ2) is 6.82. The predicted molar refractivity (Wildman–Crippen MR) is 92.7 cm³/mol. The molecular weight excluding hydrogens is 316 g/mol. The van der Waals surface area contributed by atoms with Crippen LogP contribution in [-0.2, 0) is 0 Å². The second-order valence-electron chi connectivity index (χ2n) is 5.63. The van der Waals surface area contributed by atoms with Crippen molar-refractivity contribution in [2.45, 2.75) is 6.42 Å². The highest BCUT2D eigenvalue weighted by atomic mass is 35.5. The van der Waals surface area contributed by atoms with Crippen LogP contribution in [0.4, 0.5) is 0 Å². The van der Waals surface area contributed by atoms with E-state index in [1.807, 2.05) is 48.3 Å². The first kappa shape index (κ1) is 15.5. The maximum Gasteiger partial charge on any atom is 0.263 e. The number of halogens is 1. The molecule has 1 fully saturated rings. The van der Waals surface area contributed by atoms with Crippen molar-refractivity contribution in [2.24, 2.45) is 5.92 Å². The first-order valence-electron chi connectivity index (χ1n) is 7.47. The smallest absolute Gasteiger partial charge is 0.263 e. The lowest BCUT2D eigenvalue weighted by atomic mass is 10.1. The van der Waals surface area contributed by atoms with Crippen LogP contribution >= 0.6 is 22.9 Å². The van der Waals surface area contributed by atoms with Crippen molar-refractivity contribution in [1.82, 2.24) is 10.2 Å². The minimum Gasteiger partial charge on any atom is -0.338 e. The Morgan fingerprint density at radius 3 is 2.82 bits per heavy atom. The summed E-state index contributed by atoms with van der Waals surface area (Å²) in [6.45, 7) is 2.69. The number of amides is 1. The van der Waals surface area contributed by atoms with Gasteiger partial charge in [0.25, 0.3) is 5.91 Å². The number of likely N-dealkylation sites (tertiary alicyclic amines) is 1. The van der Waals surface area contributed by atoms with Crippen LogP contribution in [0.5, 0.6) is 0 Å². The molecule has 1 amide bonds. The summed E-state index contributed by atoms with van der Waals surface area (Å²) in [5.41, 5.74) is 1.10. The fourth-order valence-electron chi connectivity index (χ4n) is 2.85. The van der Waals surface area contributed by atoms with Crippen LogP contribution in [0.25, 0.3) is 10.4 Å². The minimum atomic E-state index is 0.156. The average molecular weight is 335 g/mol. The number of hydrogen-bond acceptors (Lipinski definition) is 3. The molecule has 1 aromatic heterocycles. The van der Waals surface area contributed by atoms with Crippen molar-refractivity contribution in [3.05, 3.63) is 46.3 Å². The Morgan fingerprint density at radius 1 is 1.32 bits per heavy atom. The lowest BCUT2D eigenvalue weighted by Gasteiger charge is -2.15. The molecule has 1 aromatic carbocycles. The van der Waals surface area contributed by atoms with E-state index in [-0.39, 0.29) is 5.91 Å². The van der Waals surface area contributed by atoms with E-state index < -0.39 is 0 Å². The lowest BCUT2D eigenvalue weighted by Crippen LogP contribution is -2.29. The maximum absolute atomic E-state index is 12.6. The van der Waals surface area contributed by atoms with E-state index in [4.69, 9.17) is 11.6 Å². The normalized spacial score (nSPS) is 17.9. The van der Waals surface area contributed by atoms with Gasteiger partial charge in [0.15, 0.2) is 0 Å². The van der Waals surface area contributed by atoms with E-state index in [2.05, 4.69) is 5.32 Å². The molecule has 1 aliphatic heterocycles. The lowest BCUT2D eigenvalue weighted by molar-refractivity contribution is 0.0792. The molecule has 0 saturated carbocycles. The molecule has 22 heavy (non-hydrogen) atoms. The number of rotatable bonds is 4. The average Bonchev–Trinajstić information content (AvgIpc) is 3.17. The Labute approximate surface area is 139 Å². The molecule has 0 radical (unpaired) electrons. The molecule has 1 atom stereocenters. The molecule has 2 heterocycles. The molecule has 5 heteroatoms. The fraction of sp³-hybridized carbons (Fsp3) is 0.353. The second-order valence-corrected chi connectivity index (χ2v) is 7.15. The summed E-state index contributed by atoms with van der Waals surface area (Å²) in [4.78, 5) is 16.5. The Balaban J connectivity index is 1.71. The third-order valence-corrected chi connectivity index (χ3v) is 5.39. The number of hydrogen-bond donors (Lipinski definition) is 1. The van der Waals surface area contributed by atoms with Gasteiger partial charge in [-0.15, -0.1) is 11.3 Å². The number of thiophene rings is 1. The van der Waals surface area contributed by atoms with Crippen molar-refractivity contribution < 1.29 is 4.79 Å². The first-order chi connectivity index (χ1) is 10.7. The van der Waals surface area contributed by atoms with Gasteiger partial charge in [-0.25, -0.2) is 0 Å². The molecule has 0 aliphatic carbocycles. The summed E-state index contributed by atoms with van der Waals surface area (Å²) < 4.78 is 0. The number of carbonyl (C=O) groups is 1. The summed E-state index contributed by atoms with van der Waals surface area (Å²) in [6, 6.07) is 11.7. The van der Waals surface area contributed by atoms with E-state index >= 15 is 0 Å². The monoisotopic (exact) mass is 334 g/mol. The zero-order valence-corrected chi connectivity index (χ0v) is 14.1. The van der Waals surface area contributed by atoms with Crippen LogP contribution in [0.1, 0.15) is 16.1 Å². The number of benzene rings is 1. The zero-order chi connectivity index (χ0) is 15.5. The summed E-state index contributed by atoms with van der Waals surface area (Å²) in [6.07, 6.45) is 1.09. The van der Waals surface area contributed by atoms with E-state index in [0.717, 1.165) is 46.4 Å². The van der Waals surface area contributed by atoms with Gasteiger partial charge >= 0.3 is 0 Å². The van der Waals surface area contributed by atoms with Crippen LogP contribution < -0.4 is 5.32 Å². The van der Waals surface area contributed by atoms with Gasteiger partial charge in [-0.1, -0.05) is 23.7 Å². The minimum absolute atomic E-state index is 0.156. The van der Waals surface area contributed by atoms with Gasteiger partial charge in [0.1, 0.15) is 0 Å². The Morgan fingerprint density at radius 2 is 2.09 bits per heavy atom. The van der Waals surface area contributed by atoms with Crippen molar-refractivity contribution in [1.29, 1.82) is 0 Å². The summed E-state index contributed by atoms with van der Waals surface area (Å²) in [5, 5.41) is 3.92. The molecule has 3 rings (SSSR count). The van der Waals surface area contributed by atoms with Crippen LogP contribution in [0.2, 0.25) is 5.02 Å². The van der Waals surface area contributed by atoms with Gasteiger partial charge in [-0.05, 0) is 55.8 Å². The fourth-order valence-corrected chi connectivity index (χ4v) is 3.96. The molecular formula is C17H19ClN2OS. The van der Waals surface area contributed by atoms with Gasteiger partial charge in [0.2, 0.25) is 0 Å². The van der Waals surface area contributed by atoms with E-state index in [1.165, 1.54) is 0 Å². The van der Waals surface area contributed by atoms with Crippen molar-refractivity contribution in [3.63, 3.8) is 0 Å². The molecule has 3 nitrogen and oxygen atoms in total. The highest BCUT2D eigenvalue weighted by Crippen LogP contribution is 2.30. The van der Waals surface area contributed by atoms with E-state index in [0.29, 0.717) is 5.92 Å². The van der Waals surface area contributed by atoms with Crippen molar-refractivity contribution in [3.8, 4) is 10.4 Å². The van der Waals surface area contributed by atoms with Crippen LogP contribution in [0, 0.1) is 5.92 Å². The van der Waals surface area contributed by atoms with Gasteiger partial charge < -0.3 is 10.2 Å². The topological polar surface area (TPSA) is 32.3 Å². The molecule has 1 N–H and O–H groups in total. The number of nitrogens with zero attached hydrogens (tertiary/aromatic N) is 1. The molecule has 1 saturated heterocycles. The Kier molecular flexibility index (Phi) is 4.81. The maximum atomic E-state index is 12.6. The molecule has 0 spiro atoms. The molecule has 116 valence electrons. The van der Waals surface area contributed by atoms with E-state index in [1.54, 1.807) is 11.3 Å². The Bertz CT molecular complexity index is 653. The molecule has 1 aliphatic rings. The van der Waals surface area contributed by atoms with Gasteiger partial charge in [-0.2, -0.15) is 0 Å². The zero-order valence-electron chi connectivity index (χ0n) is 12.5. The summed E-state index contributed by atoms with van der Waals surface area (Å²) in [7, 11) is 1.96. The predicted octanol–water partition coefficient (Wildman–Crippen LogP) is 3.75. The van der Waals surface area contributed by atoms with Gasteiger partial charge in [0.05, 0.1) is 4.88 Å². The molecule has 2 aromatic rings. The third kappa shape index (κ3) is 3.35. The Hall–Kier alpha value is -1.36. The number of carbonyl (C=O) groups excluding carboxylic acids is 1. The largest absolute Gasteiger partial charge is 0.338 e. The molecule has 1 unspecified atom stereocenters. The molecule has 0 bridgehead atoms. The van der Waals surface area contributed by atoms with Gasteiger partial charge in [-0.3, -0.25) is 4.79 Å². The third-order valence-electron chi connectivity index (χ3n) is 4.01. The number of nitrogens with one attached hydrogen (secondary N) is 1. The standard InChI is InChI=1S/C17H19ClN2OS/c1-19-10-12-8-9-20(11-12)17(21)16-7-6-15(22-16)13-2-4-14(18)5-3-13/h2-7,12,19H,8-11H2,1H3. The SMILES string of the molecule is CNCC1CCN(C(=O)c2ccc(-c3ccc(Cl)cc3)s2)C1. The van der Waals surface area contributed by atoms with Crippen molar-refractivity contribution in [2.75, 3.05) is 26.7 Å². The van der Waals surface area contributed by atoms with E-state index in [9.17, 15) is 4.79 Å². The van der Waals surface area contributed by atoms with Crippen LogP contribution in [0.3, 0.4) is 0 Å². The summed E-state index contributed by atoms with van der Waals surface area (Å²) in [5.74, 6) is 0.730. The van der Waals surface area contributed by atoms with Crippen LogP contribution in [0.15, 0.2) is 36.4 Å². The van der Waals surface area contributed by atoms with Gasteiger partial charge in [0, 0.05) is 23.0 Å². The summed E-state index contributed by atoms with van der Waals surface area (Å²) >= 11 is 7.47. The highest BCUT2D eigenvalue weighted by molar-refractivity contribution is 7.17. The quantitative estimate of drug-likeness (QED) is 0.923. The highest BCUT2D eigenvalue weighted by Gasteiger charge is 2.27.